The molecule has 0 aliphatic rings. The van der Waals surface area contributed by atoms with Gasteiger partial charge in [0, 0.05) is 27.3 Å². The van der Waals surface area contributed by atoms with Crippen molar-refractivity contribution in [2.75, 3.05) is 7.05 Å². The third-order valence-corrected chi connectivity index (χ3v) is 7.52. The van der Waals surface area contributed by atoms with Crippen LogP contribution in [0.2, 0.25) is 5.02 Å². The van der Waals surface area contributed by atoms with E-state index in [4.69, 9.17) is 20.5 Å². The van der Waals surface area contributed by atoms with Gasteiger partial charge in [0.25, 0.3) is 0 Å². The minimum Gasteiger partial charge on any atom is -0.421 e. The van der Waals surface area contributed by atoms with Gasteiger partial charge >= 0.3 is 5.63 Å². The van der Waals surface area contributed by atoms with Gasteiger partial charge < -0.3 is 8.94 Å². The Kier molecular flexibility index (Phi) is 6.67. The van der Waals surface area contributed by atoms with Crippen LogP contribution in [0, 0.1) is 6.92 Å². The number of thiazole rings is 1. The molecule has 5 aromatic rings. The Morgan fingerprint density at radius 3 is 2.66 bits per heavy atom. The molecule has 3 aromatic heterocycles. The highest BCUT2D eigenvalue weighted by Crippen LogP contribution is 2.32. The first-order valence-electron chi connectivity index (χ1n) is 10.3. The summed E-state index contributed by atoms with van der Waals surface area (Å²) in [7, 11) is 1.70. The van der Waals surface area contributed by atoms with Crippen molar-refractivity contribution in [2.24, 2.45) is 4.99 Å². The number of nitrogens with zero attached hydrogens (tertiary/aromatic N) is 3. The molecular formula is C25H16Br2ClN3O3S. The van der Waals surface area contributed by atoms with Crippen LogP contribution >= 0.6 is 54.8 Å². The Labute approximate surface area is 225 Å². The van der Waals surface area contributed by atoms with E-state index in [0.29, 0.717) is 48.3 Å². The number of benzene rings is 2. The van der Waals surface area contributed by atoms with Crippen molar-refractivity contribution in [1.29, 1.82) is 0 Å². The summed E-state index contributed by atoms with van der Waals surface area (Å²) in [6, 6.07) is 13.0. The van der Waals surface area contributed by atoms with E-state index in [0.717, 1.165) is 15.4 Å². The average Bonchev–Trinajstić information content (AvgIpc) is 3.41. The van der Waals surface area contributed by atoms with Crippen LogP contribution < -0.4 is 10.4 Å². The Hall–Kier alpha value is -2.72. The van der Waals surface area contributed by atoms with Crippen molar-refractivity contribution in [1.82, 2.24) is 9.72 Å². The fraction of sp³-hybridized carbons (Fsp3) is 0.0800. The van der Waals surface area contributed by atoms with Crippen LogP contribution in [0.3, 0.4) is 0 Å². The van der Waals surface area contributed by atoms with Gasteiger partial charge in [0.15, 0.2) is 16.1 Å². The SMILES string of the molecule is CN=c1scc(-c2cc3cc(Br)cc(Br)c3oc2=O)n1-c1c(C)noc1/C=C/c1ccc(Cl)cc1. The van der Waals surface area contributed by atoms with Crippen molar-refractivity contribution >= 4 is 77.9 Å². The third-order valence-electron chi connectivity index (χ3n) is 5.30. The molecule has 6 nitrogen and oxygen atoms in total. The zero-order valence-corrected chi connectivity index (χ0v) is 23.1. The van der Waals surface area contributed by atoms with Crippen LogP contribution in [0.15, 0.2) is 75.5 Å². The number of halogens is 3. The number of aromatic nitrogens is 2. The highest BCUT2D eigenvalue weighted by Gasteiger charge is 2.21. The van der Waals surface area contributed by atoms with E-state index in [9.17, 15) is 4.79 Å². The molecule has 3 heterocycles. The molecule has 0 amide bonds. The number of hydrogen-bond donors (Lipinski definition) is 0. The molecular weight excluding hydrogens is 618 g/mol. The van der Waals surface area contributed by atoms with Gasteiger partial charge in [0.2, 0.25) is 0 Å². The van der Waals surface area contributed by atoms with Gasteiger partial charge in [0.1, 0.15) is 11.4 Å². The molecule has 0 bridgehead atoms. The van der Waals surface area contributed by atoms with Crippen molar-refractivity contribution in [2.45, 2.75) is 6.92 Å². The van der Waals surface area contributed by atoms with Crippen molar-refractivity contribution in [3.05, 3.63) is 94.1 Å². The number of aryl methyl sites for hydroxylation is 1. The summed E-state index contributed by atoms with van der Waals surface area (Å²) in [5.74, 6) is 0.530. The van der Waals surface area contributed by atoms with Crippen LogP contribution in [0.25, 0.3) is 40.1 Å². The second-order valence-electron chi connectivity index (χ2n) is 7.58. The van der Waals surface area contributed by atoms with Crippen LogP contribution in [0.4, 0.5) is 0 Å². The summed E-state index contributed by atoms with van der Waals surface area (Å²) in [5.41, 5.74) is 3.38. The summed E-state index contributed by atoms with van der Waals surface area (Å²) in [6.07, 6.45) is 3.75. The molecule has 2 aromatic carbocycles. The van der Waals surface area contributed by atoms with Gasteiger partial charge in [-0.15, -0.1) is 11.3 Å². The Bertz CT molecular complexity index is 1730. The second-order valence-corrected chi connectivity index (χ2v) is 10.6. The smallest absolute Gasteiger partial charge is 0.345 e. The lowest BCUT2D eigenvalue weighted by molar-refractivity contribution is 0.408. The van der Waals surface area contributed by atoms with E-state index in [-0.39, 0.29) is 0 Å². The highest BCUT2D eigenvalue weighted by molar-refractivity contribution is 9.11. The summed E-state index contributed by atoms with van der Waals surface area (Å²) in [6.45, 7) is 1.85. The van der Waals surface area contributed by atoms with Crippen LogP contribution in [-0.4, -0.2) is 16.8 Å². The summed E-state index contributed by atoms with van der Waals surface area (Å²) < 4.78 is 14.8. The molecule has 0 aliphatic carbocycles. The van der Waals surface area contributed by atoms with E-state index in [2.05, 4.69) is 42.0 Å². The summed E-state index contributed by atoms with van der Waals surface area (Å²) in [4.78, 5) is 18.2. The molecule has 176 valence electrons. The normalized spacial score (nSPS) is 12.3. The molecule has 35 heavy (non-hydrogen) atoms. The fourth-order valence-corrected chi connectivity index (χ4v) is 6.03. The zero-order valence-electron chi connectivity index (χ0n) is 18.4. The lowest BCUT2D eigenvalue weighted by Crippen LogP contribution is -2.17. The van der Waals surface area contributed by atoms with Crippen LogP contribution in [0.1, 0.15) is 17.0 Å². The van der Waals surface area contributed by atoms with Gasteiger partial charge in [-0.25, -0.2) is 4.79 Å². The first-order chi connectivity index (χ1) is 16.9. The topological polar surface area (TPSA) is 73.5 Å². The number of fused-ring (bicyclic) bond motifs is 1. The maximum atomic E-state index is 13.1. The molecule has 0 saturated carbocycles. The molecule has 5 rings (SSSR count). The largest absolute Gasteiger partial charge is 0.421 e. The zero-order chi connectivity index (χ0) is 24.7. The standard InChI is InChI=1S/C25H16Br2ClN3O3S/c1-13-22(21(34-30-13)8-5-14-3-6-17(28)7-4-14)31-20(12-35-25(31)29-2)18-10-15-9-16(26)11-19(27)23(15)33-24(18)32/h3-12H,1-2H3/b8-5+,29-25?. The van der Waals surface area contributed by atoms with Gasteiger partial charge in [0.05, 0.1) is 15.7 Å². The van der Waals surface area contributed by atoms with Crippen LogP contribution in [0.5, 0.6) is 0 Å². The molecule has 0 spiro atoms. The predicted molar refractivity (Wildman–Crippen MR) is 147 cm³/mol. The van der Waals surface area contributed by atoms with Crippen LogP contribution in [-0.2, 0) is 0 Å². The van der Waals surface area contributed by atoms with E-state index < -0.39 is 5.63 Å². The third kappa shape index (κ3) is 4.61. The molecule has 0 aliphatic heterocycles. The van der Waals surface area contributed by atoms with E-state index in [1.165, 1.54) is 11.3 Å². The van der Waals surface area contributed by atoms with Gasteiger partial charge in [-0.3, -0.25) is 9.56 Å². The Balaban J connectivity index is 1.70. The van der Waals surface area contributed by atoms with Crippen molar-refractivity contribution < 1.29 is 8.94 Å². The first-order valence-corrected chi connectivity index (χ1v) is 13.2. The molecule has 0 N–H and O–H groups in total. The van der Waals surface area contributed by atoms with E-state index >= 15 is 0 Å². The second kappa shape index (κ2) is 9.73. The van der Waals surface area contributed by atoms with Gasteiger partial charge in [-0.05, 0) is 64.8 Å². The van der Waals surface area contributed by atoms with Crippen molar-refractivity contribution in [3.63, 3.8) is 0 Å². The molecule has 0 saturated heterocycles. The predicted octanol–water partition coefficient (Wildman–Crippen LogP) is 7.49. The summed E-state index contributed by atoms with van der Waals surface area (Å²) in [5, 5.41) is 7.51. The van der Waals surface area contributed by atoms with Crippen molar-refractivity contribution in [3.8, 4) is 16.9 Å². The molecule has 0 unspecified atom stereocenters. The van der Waals surface area contributed by atoms with E-state index in [1.54, 1.807) is 7.05 Å². The monoisotopic (exact) mass is 631 g/mol. The quantitative estimate of drug-likeness (QED) is 0.192. The minimum absolute atomic E-state index is 0.405. The maximum Gasteiger partial charge on any atom is 0.345 e. The molecule has 10 heteroatoms. The molecule has 0 radical (unpaired) electrons. The van der Waals surface area contributed by atoms with Gasteiger partial charge in [-0.1, -0.05) is 50.9 Å². The average molecular weight is 634 g/mol. The lowest BCUT2D eigenvalue weighted by atomic mass is 10.1. The number of rotatable bonds is 4. The Morgan fingerprint density at radius 1 is 1.14 bits per heavy atom. The number of hydrogen-bond acceptors (Lipinski definition) is 6. The first kappa shape index (κ1) is 24.0. The highest BCUT2D eigenvalue weighted by atomic mass is 79.9. The van der Waals surface area contributed by atoms with Gasteiger partial charge in [-0.2, -0.15) is 0 Å². The minimum atomic E-state index is -0.456. The lowest BCUT2D eigenvalue weighted by Gasteiger charge is -2.09. The fourth-order valence-electron chi connectivity index (χ4n) is 3.72. The van der Waals surface area contributed by atoms with E-state index in [1.807, 2.05) is 71.5 Å². The summed E-state index contributed by atoms with van der Waals surface area (Å²) >= 11 is 14.4. The maximum absolute atomic E-state index is 13.1. The Morgan fingerprint density at radius 2 is 1.91 bits per heavy atom. The molecule has 0 atom stereocenters. The molecule has 0 fully saturated rings.